The van der Waals surface area contributed by atoms with Gasteiger partial charge in [0.05, 0.1) is 13.5 Å². The second-order valence-corrected chi connectivity index (χ2v) is 6.92. The fraction of sp³-hybridized carbons (Fsp3) is 0.300. The Balaban J connectivity index is 2.27. The highest BCUT2D eigenvalue weighted by atomic mass is 35.5. The van der Waals surface area contributed by atoms with Crippen molar-refractivity contribution in [3.63, 3.8) is 0 Å². The molecule has 2 aromatic carbocycles. The summed E-state index contributed by atoms with van der Waals surface area (Å²) in [6.45, 7) is 1.97. The van der Waals surface area contributed by atoms with E-state index in [0.29, 0.717) is 21.4 Å². The predicted molar refractivity (Wildman–Crippen MR) is 107 cm³/mol. The van der Waals surface area contributed by atoms with Gasteiger partial charge < -0.3 is 15.0 Å². The lowest BCUT2D eigenvalue weighted by atomic mass is 10.1. The SMILES string of the molecule is CNC(=O)[C@H](C)N(Cc1cccc(OC)c1)C(=O)Cc1ccc(Cl)cc1Cl. The minimum absolute atomic E-state index is 0.0707. The minimum atomic E-state index is -0.639. The summed E-state index contributed by atoms with van der Waals surface area (Å²) in [7, 11) is 3.13. The molecule has 0 aromatic heterocycles. The van der Waals surface area contributed by atoms with Crippen molar-refractivity contribution in [2.45, 2.75) is 25.9 Å². The fourth-order valence-electron chi connectivity index (χ4n) is 2.69. The topological polar surface area (TPSA) is 58.6 Å². The minimum Gasteiger partial charge on any atom is -0.497 e. The molecular formula is C20H22Cl2N2O3. The molecule has 27 heavy (non-hydrogen) atoms. The molecule has 2 aromatic rings. The summed E-state index contributed by atoms with van der Waals surface area (Å²) in [4.78, 5) is 26.7. The van der Waals surface area contributed by atoms with Crippen LogP contribution >= 0.6 is 23.2 Å². The standard InChI is InChI=1S/C20H22Cl2N2O3/c1-13(20(26)23-2)24(12-14-5-4-6-17(9-14)27-3)19(25)10-15-7-8-16(21)11-18(15)22/h4-9,11,13H,10,12H2,1-3H3,(H,23,26)/t13-/m0/s1. The number of nitrogens with zero attached hydrogens (tertiary/aromatic N) is 1. The van der Waals surface area contributed by atoms with E-state index >= 15 is 0 Å². The van der Waals surface area contributed by atoms with Crippen LogP contribution in [0.4, 0.5) is 0 Å². The molecular weight excluding hydrogens is 387 g/mol. The number of likely N-dealkylation sites (N-methyl/N-ethyl adjacent to an activating group) is 1. The zero-order valence-electron chi connectivity index (χ0n) is 15.5. The fourth-order valence-corrected chi connectivity index (χ4v) is 3.16. The van der Waals surface area contributed by atoms with Crippen LogP contribution < -0.4 is 10.1 Å². The molecule has 0 unspecified atom stereocenters. The highest BCUT2D eigenvalue weighted by molar-refractivity contribution is 6.35. The average Bonchev–Trinajstić information content (AvgIpc) is 2.67. The molecule has 0 aliphatic carbocycles. The number of halogens is 2. The molecule has 0 fully saturated rings. The van der Waals surface area contributed by atoms with Crippen LogP contribution in [0.15, 0.2) is 42.5 Å². The lowest BCUT2D eigenvalue weighted by molar-refractivity contribution is -0.139. The highest BCUT2D eigenvalue weighted by Gasteiger charge is 2.26. The van der Waals surface area contributed by atoms with Crippen LogP contribution in [0, 0.1) is 0 Å². The van der Waals surface area contributed by atoms with Gasteiger partial charge in [-0.15, -0.1) is 0 Å². The van der Waals surface area contributed by atoms with Gasteiger partial charge in [-0.05, 0) is 42.3 Å². The van der Waals surface area contributed by atoms with Crippen LogP contribution in [0.2, 0.25) is 10.0 Å². The molecule has 2 amide bonds. The number of hydrogen-bond donors (Lipinski definition) is 1. The van der Waals surface area contributed by atoms with Crippen molar-refractivity contribution in [3.8, 4) is 5.75 Å². The van der Waals surface area contributed by atoms with Crippen LogP contribution in [0.5, 0.6) is 5.75 Å². The van der Waals surface area contributed by atoms with Gasteiger partial charge in [0.15, 0.2) is 0 Å². The first kappa shape index (κ1) is 21.1. The Bertz CT molecular complexity index is 827. The van der Waals surface area contributed by atoms with Gasteiger partial charge in [0.2, 0.25) is 11.8 Å². The maximum Gasteiger partial charge on any atom is 0.242 e. The quantitative estimate of drug-likeness (QED) is 0.759. The van der Waals surface area contributed by atoms with Crippen molar-refractivity contribution in [1.82, 2.24) is 10.2 Å². The molecule has 0 saturated carbocycles. The Morgan fingerprint density at radius 2 is 1.93 bits per heavy atom. The maximum absolute atomic E-state index is 13.0. The Hall–Kier alpha value is -2.24. The van der Waals surface area contributed by atoms with Crippen molar-refractivity contribution in [2.24, 2.45) is 0 Å². The Morgan fingerprint density at radius 1 is 1.19 bits per heavy atom. The van der Waals surface area contributed by atoms with Gasteiger partial charge in [-0.3, -0.25) is 9.59 Å². The molecule has 0 aliphatic rings. The van der Waals surface area contributed by atoms with Crippen molar-refractivity contribution >= 4 is 35.0 Å². The first-order valence-corrected chi connectivity index (χ1v) is 9.19. The molecule has 0 bridgehead atoms. The molecule has 0 aliphatic heterocycles. The summed E-state index contributed by atoms with van der Waals surface area (Å²) in [5, 5.41) is 3.51. The van der Waals surface area contributed by atoms with E-state index < -0.39 is 6.04 Å². The van der Waals surface area contributed by atoms with Crippen LogP contribution in [-0.4, -0.2) is 36.9 Å². The smallest absolute Gasteiger partial charge is 0.242 e. The molecule has 5 nitrogen and oxygen atoms in total. The number of carbonyl (C=O) groups is 2. The number of methoxy groups -OCH3 is 1. The summed E-state index contributed by atoms with van der Waals surface area (Å²) >= 11 is 12.1. The summed E-state index contributed by atoms with van der Waals surface area (Å²) in [5.74, 6) is 0.236. The summed E-state index contributed by atoms with van der Waals surface area (Å²) in [6.07, 6.45) is 0.0707. The molecule has 1 N–H and O–H groups in total. The van der Waals surface area contributed by atoms with Crippen molar-refractivity contribution in [1.29, 1.82) is 0 Å². The molecule has 0 saturated heterocycles. The van der Waals surface area contributed by atoms with E-state index in [1.165, 1.54) is 4.90 Å². The van der Waals surface area contributed by atoms with Crippen LogP contribution in [0.1, 0.15) is 18.1 Å². The lowest BCUT2D eigenvalue weighted by Gasteiger charge is -2.28. The largest absolute Gasteiger partial charge is 0.497 e. The first-order valence-electron chi connectivity index (χ1n) is 8.43. The second kappa shape index (κ2) is 9.62. The first-order chi connectivity index (χ1) is 12.8. The Morgan fingerprint density at radius 3 is 2.56 bits per heavy atom. The summed E-state index contributed by atoms with van der Waals surface area (Å²) in [5.41, 5.74) is 1.52. The lowest BCUT2D eigenvalue weighted by Crippen LogP contribution is -2.47. The number of benzene rings is 2. The molecule has 144 valence electrons. The summed E-state index contributed by atoms with van der Waals surface area (Å²) < 4.78 is 5.24. The maximum atomic E-state index is 13.0. The van der Waals surface area contributed by atoms with Gasteiger partial charge in [0.25, 0.3) is 0 Å². The Kier molecular flexibility index (Phi) is 7.51. The normalized spacial score (nSPS) is 11.6. The third-order valence-electron chi connectivity index (χ3n) is 4.26. The van der Waals surface area contributed by atoms with E-state index in [1.807, 2.05) is 24.3 Å². The monoisotopic (exact) mass is 408 g/mol. The molecule has 1 atom stereocenters. The third-order valence-corrected chi connectivity index (χ3v) is 4.84. The number of amides is 2. The van der Waals surface area contributed by atoms with E-state index in [-0.39, 0.29) is 24.8 Å². The molecule has 0 heterocycles. The molecule has 7 heteroatoms. The molecule has 0 spiro atoms. The zero-order valence-corrected chi connectivity index (χ0v) is 17.0. The van der Waals surface area contributed by atoms with Gasteiger partial charge in [-0.2, -0.15) is 0 Å². The second-order valence-electron chi connectivity index (χ2n) is 6.08. The van der Waals surface area contributed by atoms with Crippen molar-refractivity contribution in [3.05, 3.63) is 63.6 Å². The predicted octanol–water partition coefficient (Wildman–Crippen LogP) is 3.71. The van der Waals surface area contributed by atoms with Crippen LogP contribution in [0.3, 0.4) is 0 Å². The van der Waals surface area contributed by atoms with Crippen molar-refractivity contribution < 1.29 is 14.3 Å². The van der Waals surface area contributed by atoms with E-state index in [2.05, 4.69) is 5.32 Å². The van der Waals surface area contributed by atoms with Crippen molar-refractivity contribution in [2.75, 3.05) is 14.2 Å². The van der Waals surface area contributed by atoms with E-state index in [4.69, 9.17) is 27.9 Å². The molecule has 0 radical (unpaired) electrons. The molecule has 2 rings (SSSR count). The number of nitrogens with one attached hydrogen (secondary N) is 1. The van der Waals surface area contributed by atoms with E-state index in [0.717, 1.165) is 5.56 Å². The van der Waals surface area contributed by atoms with E-state index in [9.17, 15) is 9.59 Å². The zero-order chi connectivity index (χ0) is 20.0. The van der Waals surface area contributed by atoms with Gasteiger partial charge in [0, 0.05) is 23.6 Å². The van der Waals surface area contributed by atoms with Crippen LogP contribution in [-0.2, 0) is 22.6 Å². The number of carbonyl (C=O) groups excluding carboxylic acids is 2. The highest BCUT2D eigenvalue weighted by Crippen LogP contribution is 2.23. The van der Waals surface area contributed by atoms with Gasteiger partial charge in [-0.25, -0.2) is 0 Å². The van der Waals surface area contributed by atoms with E-state index in [1.54, 1.807) is 39.3 Å². The summed E-state index contributed by atoms with van der Waals surface area (Å²) in [6, 6.07) is 11.8. The Labute approximate surface area is 169 Å². The number of hydrogen-bond acceptors (Lipinski definition) is 3. The number of rotatable bonds is 7. The third kappa shape index (κ3) is 5.62. The van der Waals surface area contributed by atoms with Crippen LogP contribution in [0.25, 0.3) is 0 Å². The average molecular weight is 409 g/mol. The van der Waals surface area contributed by atoms with Gasteiger partial charge in [0.1, 0.15) is 11.8 Å². The van der Waals surface area contributed by atoms with Gasteiger partial charge in [-0.1, -0.05) is 41.4 Å². The van der Waals surface area contributed by atoms with Gasteiger partial charge >= 0.3 is 0 Å². The number of ether oxygens (including phenoxy) is 1.